The molecule has 2 aliphatic rings. The molecule has 3 nitrogen and oxygen atoms in total. The summed E-state index contributed by atoms with van der Waals surface area (Å²) in [5.74, 6) is 0.0756. The Labute approximate surface area is 125 Å². The summed E-state index contributed by atoms with van der Waals surface area (Å²) in [7, 11) is 0. The summed E-state index contributed by atoms with van der Waals surface area (Å²) in [6, 6.07) is 6.06. The van der Waals surface area contributed by atoms with Crippen molar-refractivity contribution in [1.82, 2.24) is 14.8 Å². The largest absolute Gasteiger partial charge is 0.239 e. The summed E-state index contributed by atoms with van der Waals surface area (Å²) in [5.41, 5.74) is 0.751. The van der Waals surface area contributed by atoms with Crippen molar-refractivity contribution in [3.8, 4) is 0 Å². The Kier molecular flexibility index (Phi) is 3.21. The molecule has 0 spiro atoms. The zero-order valence-corrected chi connectivity index (χ0v) is 12.2. The van der Waals surface area contributed by atoms with Crippen LogP contribution in [0.3, 0.4) is 0 Å². The topological polar surface area (TPSA) is 30.7 Å². The fourth-order valence-electron chi connectivity index (χ4n) is 2.84. The van der Waals surface area contributed by atoms with Crippen LogP contribution in [-0.2, 0) is 0 Å². The van der Waals surface area contributed by atoms with Crippen molar-refractivity contribution >= 4 is 11.8 Å². The number of rotatable bonds is 3. The molecule has 1 aromatic carbocycles. The second-order valence-corrected chi connectivity index (χ2v) is 6.91. The van der Waals surface area contributed by atoms with Crippen LogP contribution in [0.2, 0.25) is 0 Å². The second-order valence-electron chi connectivity index (χ2n) is 5.64. The minimum absolute atomic E-state index is 0.256. The van der Waals surface area contributed by atoms with Gasteiger partial charge in [-0.05, 0) is 30.5 Å². The maximum Gasteiger partial charge on any atom is 0.209 e. The number of hydrogen-bond acceptors (Lipinski definition) is 3. The molecule has 2 unspecified atom stereocenters. The van der Waals surface area contributed by atoms with Crippen molar-refractivity contribution in [1.29, 1.82) is 0 Å². The molecule has 0 N–H and O–H groups in total. The average Bonchev–Trinajstić information content (AvgIpc) is 2.95. The Morgan fingerprint density at radius 3 is 2.86 bits per heavy atom. The van der Waals surface area contributed by atoms with Gasteiger partial charge in [-0.2, -0.15) is 0 Å². The second kappa shape index (κ2) is 5.09. The fourth-order valence-corrected chi connectivity index (χ4v) is 3.99. The molecule has 21 heavy (non-hydrogen) atoms. The lowest BCUT2D eigenvalue weighted by Crippen LogP contribution is -2.13. The molecule has 1 fully saturated rings. The van der Waals surface area contributed by atoms with Crippen molar-refractivity contribution in [3.05, 3.63) is 41.5 Å². The first kappa shape index (κ1) is 13.2. The highest BCUT2D eigenvalue weighted by atomic mass is 32.2. The van der Waals surface area contributed by atoms with Crippen molar-refractivity contribution in [2.24, 2.45) is 0 Å². The highest BCUT2D eigenvalue weighted by Crippen LogP contribution is 2.42. The number of alkyl halides is 1. The van der Waals surface area contributed by atoms with Gasteiger partial charge in [-0.1, -0.05) is 30.3 Å². The van der Waals surface area contributed by atoms with Gasteiger partial charge in [0.25, 0.3) is 0 Å². The minimum Gasteiger partial charge on any atom is -0.239 e. The van der Waals surface area contributed by atoms with Gasteiger partial charge < -0.3 is 0 Å². The van der Waals surface area contributed by atoms with Crippen molar-refractivity contribution in [2.75, 3.05) is 0 Å². The lowest BCUT2D eigenvalue weighted by atomic mass is 10.0. The van der Waals surface area contributed by atoms with Crippen LogP contribution >= 0.6 is 11.8 Å². The minimum atomic E-state index is -1.12. The van der Waals surface area contributed by atoms with Crippen LogP contribution in [0.15, 0.2) is 29.4 Å². The van der Waals surface area contributed by atoms with Gasteiger partial charge in [0.05, 0.1) is 6.04 Å². The number of benzene rings is 1. The van der Waals surface area contributed by atoms with Gasteiger partial charge in [-0.25, -0.2) is 18.4 Å². The van der Waals surface area contributed by atoms with Crippen LogP contribution in [0, 0.1) is 5.82 Å². The summed E-state index contributed by atoms with van der Waals surface area (Å²) in [5, 5.41) is 5.68. The third-order valence-corrected chi connectivity index (χ3v) is 5.39. The van der Waals surface area contributed by atoms with Crippen molar-refractivity contribution in [3.63, 3.8) is 0 Å². The molecule has 1 aliphatic heterocycles. The summed E-state index contributed by atoms with van der Waals surface area (Å²) in [6.45, 7) is 0. The van der Waals surface area contributed by atoms with E-state index in [0.717, 1.165) is 5.56 Å². The Hall–Kier alpha value is -1.43. The molecule has 2 aromatic rings. The smallest absolute Gasteiger partial charge is 0.209 e. The maximum absolute atomic E-state index is 14.2. The van der Waals surface area contributed by atoms with E-state index in [-0.39, 0.29) is 18.3 Å². The molecule has 0 radical (unpaired) electrons. The molecule has 4 rings (SSSR count). The molecule has 1 aromatic heterocycles. The third kappa shape index (κ3) is 2.35. The van der Waals surface area contributed by atoms with Gasteiger partial charge in [-0.15, -0.1) is 5.10 Å². The lowest BCUT2D eigenvalue weighted by molar-refractivity contribution is 0.326. The summed E-state index contributed by atoms with van der Waals surface area (Å²) in [4.78, 5) is 4.34. The Bertz CT molecular complexity index is 669. The lowest BCUT2D eigenvalue weighted by Gasteiger charge is -2.22. The number of fused-ring (bicyclic) bond motifs is 1. The normalized spacial score (nSPS) is 24.9. The van der Waals surface area contributed by atoms with Crippen LogP contribution in [0.5, 0.6) is 0 Å². The quantitative estimate of drug-likeness (QED) is 0.856. The van der Waals surface area contributed by atoms with E-state index >= 15 is 0 Å². The predicted molar refractivity (Wildman–Crippen MR) is 76.5 cm³/mol. The van der Waals surface area contributed by atoms with Crippen molar-refractivity contribution < 1.29 is 8.78 Å². The van der Waals surface area contributed by atoms with E-state index in [0.29, 0.717) is 16.2 Å². The molecule has 2 heterocycles. The Morgan fingerprint density at radius 1 is 1.29 bits per heavy atom. The molecule has 1 saturated carbocycles. The van der Waals surface area contributed by atoms with E-state index in [1.165, 1.54) is 31.4 Å². The monoisotopic (exact) mass is 307 g/mol. The van der Waals surface area contributed by atoms with Gasteiger partial charge in [0.2, 0.25) is 5.16 Å². The predicted octanol–water partition coefficient (Wildman–Crippen LogP) is 4.07. The summed E-state index contributed by atoms with van der Waals surface area (Å²) in [6.07, 6.45) is 2.78. The first-order valence-corrected chi connectivity index (χ1v) is 8.11. The molecule has 0 saturated heterocycles. The molecular weight excluding hydrogens is 292 g/mol. The third-order valence-electron chi connectivity index (χ3n) is 4.20. The molecule has 2 atom stereocenters. The van der Waals surface area contributed by atoms with Gasteiger partial charge in [0.1, 0.15) is 5.82 Å². The number of hydrogen-bond donors (Lipinski definition) is 0. The van der Waals surface area contributed by atoms with E-state index < -0.39 is 6.17 Å². The molecule has 0 bridgehead atoms. The van der Waals surface area contributed by atoms with Crippen LogP contribution < -0.4 is 0 Å². The van der Waals surface area contributed by atoms with Gasteiger partial charge in [0.15, 0.2) is 12.0 Å². The fraction of sp³-hybridized carbons (Fsp3) is 0.467. The van der Waals surface area contributed by atoms with Gasteiger partial charge >= 0.3 is 0 Å². The van der Waals surface area contributed by atoms with E-state index in [1.807, 2.05) is 6.07 Å². The van der Waals surface area contributed by atoms with E-state index in [2.05, 4.69) is 10.1 Å². The first-order valence-electron chi connectivity index (χ1n) is 7.23. The molecule has 6 heteroatoms. The Morgan fingerprint density at radius 2 is 2.14 bits per heavy atom. The molecule has 110 valence electrons. The highest BCUT2D eigenvalue weighted by molar-refractivity contribution is 7.99. The SMILES string of the molecule is Fc1cccc(C2CC(F)c3nc(SC4CCC4)nn32)c1. The molecular formula is C15H15F2N3S. The van der Waals surface area contributed by atoms with Gasteiger partial charge in [0, 0.05) is 11.7 Å². The summed E-state index contributed by atoms with van der Waals surface area (Å²) < 4.78 is 29.2. The van der Waals surface area contributed by atoms with Crippen LogP contribution in [-0.4, -0.2) is 20.0 Å². The molecule has 1 aliphatic carbocycles. The Balaban J connectivity index is 1.64. The number of halogens is 2. The number of thioether (sulfide) groups is 1. The highest BCUT2D eigenvalue weighted by Gasteiger charge is 2.36. The van der Waals surface area contributed by atoms with Crippen molar-refractivity contribution in [2.45, 2.75) is 48.3 Å². The zero-order valence-electron chi connectivity index (χ0n) is 11.4. The number of nitrogens with zero attached hydrogens (tertiary/aromatic N) is 3. The average molecular weight is 307 g/mol. The van der Waals surface area contributed by atoms with E-state index in [4.69, 9.17) is 0 Å². The molecule has 0 amide bonds. The van der Waals surface area contributed by atoms with Crippen LogP contribution in [0.4, 0.5) is 8.78 Å². The van der Waals surface area contributed by atoms with E-state index in [1.54, 1.807) is 22.5 Å². The van der Waals surface area contributed by atoms with Crippen LogP contribution in [0.25, 0.3) is 0 Å². The summed E-state index contributed by atoms with van der Waals surface area (Å²) >= 11 is 1.63. The maximum atomic E-state index is 14.2. The van der Waals surface area contributed by atoms with Crippen LogP contribution in [0.1, 0.15) is 49.3 Å². The van der Waals surface area contributed by atoms with Gasteiger partial charge in [-0.3, -0.25) is 0 Å². The first-order chi connectivity index (χ1) is 10.2. The van der Waals surface area contributed by atoms with E-state index in [9.17, 15) is 8.78 Å². The number of aromatic nitrogens is 3. The standard InChI is InChI=1S/C15H15F2N3S/c16-10-4-1-3-9(7-10)13-8-12(17)14-18-15(19-20(13)14)21-11-5-2-6-11/h1,3-4,7,11-13H,2,5-6,8H2. The zero-order chi connectivity index (χ0) is 14.4.